The minimum Gasteiger partial charge on any atom is -0.493 e. The van der Waals surface area contributed by atoms with Gasteiger partial charge in [0.25, 0.3) is 0 Å². The fourth-order valence-electron chi connectivity index (χ4n) is 2.51. The number of thiazole rings is 1. The molecule has 2 aromatic heterocycles. The maximum atomic E-state index is 11.3. The average Bonchev–Trinajstić information content (AvgIpc) is 3.02. The lowest BCUT2D eigenvalue weighted by Crippen LogP contribution is -2.05. The highest BCUT2D eigenvalue weighted by Gasteiger charge is 2.17. The lowest BCUT2D eigenvalue weighted by molar-refractivity contribution is 0.0701. The Labute approximate surface area is 156 Å². The summed E-state index contributed by atoms with van der Waals surface area (Å²) in [6.45, 7) is 6.53. The quantitative estimate of drug-likeness (QED) is 0.669. The first kappa shape index (κ1) is 18.1. The Morgan fingerprint density at radius 1 is 1.27 bits per heavy atom. The summed E-state index contributed by atoms with van der Waals surface area (Å²) in [6, 6.07) is 9.67. The van der Waals surface area contributed by atoms with Crippen molar-refractivity contribution in [3.63, 3.8) is 0 Å². The molecule has 0 radical (unpaired) electrons. The van der Waals surface area contributed by atoms with Crippen LogP contribution in [0.5, 0.6) is 5.75 Å². The summed E-state index contributed by atoms with van der Waals surface area (Å²) in [7, 11) is 0. The normalized spacial score (nSPS) is 10.9. The van der Waals surface area contributed by atoms with Crippen LogP contribution in [0.3, 0.4) is 0 Å². The number of hydrogen-bond donors (Lipinski definition) is 1. The number of pyridine rings is 1. The largest absolute Gasteiger partial charge is 0.493 e. The second-order valence-electron chi connectivity index (χ2n) is 6.40. The van der Waals surface area contributed by atoms with Crippen LogP contribution in [0.15, 0.2) is 42.7 Å². The van der Waals surface area contributed by atoms with Crippen LogP contribution < -0.4 is 4.74 Å². The van der Waals surface area contributed by atoms with Gasteiger partial charge in [-0.15, -0.1) is 11.3 Å². The Morgan fingerprint density at radius 2 is 2.08 bits per heavy atom. The Kier molecular flexibility index (Phi) is 5.32. The van der Waals surface area contributed by atoms with E-state index >= 15 is 0 Å². The van der Waals surface area contributed by atoms with E-state index in [1.807, 2.05) is 30.3 Å². The third kappa shape index (κ3) is 3.91. The summed E-state index contributed by atoms with van der Waals surface area (Å²) in [5.41, 5.74) is 3.25. The minimum atomic E-state index is -0.949. The van der Waals surface area contributed by atoms with E-state index in [2.05, 4.69) is 23.8 Å². The van der Waals surface area contributed by atoms with Crippen molar-refractivity contribution in [2.75, 3.05) is 6.61 Å². The van der Waals surface area contributed by atoms with Gasteiger partial charge in [0.2, 0.25) is 0 Å². The van der Waals surface area contributed by atoms with Crippen molar-refractivity contribution in [3.05, 3.63) is 53.3 Å². The number of benzene rings is 1. The lowest BCUT2D eigenvalue weighted by Gasteiger charge is -2.14. The molecule has 0 unspecified atom stereocenters. The van der Waals surface area contributed by atoms with Crippen LogP contribution in [0.1, 0.15) is 29.2 Å². The van der Waals surface area contributed by atoms with E-state index in [-0.39, 0.29) is 4.88 Å². The Bertz CT molecular complexity index is 920. The number of hydrogen-bond acceptors (Lipinski definition) is 5. The van der Waals surface area contributed by atoms with Crippen LogP contribution in [-0.4, -0.2) is 27.7 Å². The first-order chi connectivity index (χ1) is 12.5. The molecule has 0 saturated heterocycles. The molecule has 1 N–H and O–H groups in total. The van der Waals surface area contributed by atoms with Crippen molar-refractivity contribution in [1.29, 1.82) is 0 Å². The van der Waals surface area contributed by atoms with E-state index in [4.69, 9.17) is 4.74 Å². The summed E-state index contributed by atoms with van der Waals surface area (Å²) in [5.74, 6) is 0.244. The summed E-state index contributed by atoms with van der Waals surface area (Å²) in [5, 5.41) is 9.95. The highest BCUT2D eigenvalue weighted by Crippen LogP contribution is 2.36. The molecule has 0 bridgehead atoms. The topological polar surface area (TPSA) is 72.3 Å². The second kappa shape index (κ2) is 7.66. The molecule has 26 heavy (non-hydrogen) atoms. The highest BCUT2D eigenvalue weighted by atomic mass is 32.1. The molecule has 1 aromatic carbocycles. The number of nitrogens with zero attached hydrogens (tertiary/aromatic N) is 2. The van der Waals surface area contributed by atoms with Gasteiger partial charge < -0.3 is 9.84 Å². The predicted molar refractivity (Wildman–Crippen MR) is 103 cm³/mol. The second-order valence-corrected chi connectivity index (χ2v) is 7.40. The molecule has 0 amide bonds. The van der Waals surface area contributed by atoms with Gasteiger partial charge in [0.05, 0.1) is 12.3 Å². The van der Waals surface area contributed by atoms with E-state index < -0.39 is 5.97 Å². The molecular formula is C20H20N2O3S. The molecule has 0 atom stereocenters. The third-order valence-corrected chi connectivity index (χ3v) is 4.96. The van der Waals surface area contributed by atoms with E-state index in [9.17, 15) is 9.90 Å². The standard InChI is InChI=1S/C20H20N2O3S/c1-12(2)11-25-17-7-6-14(9-16(17)15-5-4-8-21-10-15)19-22-13(3)18(26-19)20(23)24/h4-10,12H,11H2,1-3H3,(H,23,24). The molecule has 6 heteroatoms. The Balaban J connectivity index is 2.06. The molecule has 3 aromatic rings. The van der Waals surface area contributed by atoms with Crippen molar-refractivity contribution in [1.82, 2.24) is 9.97 Å². The molecule has 0 aliphatic carbocycles. The fourth-order valence-corrected chi connectivity index (χ4v) is 3.41. The van der Waals surface area contributed by atoms with Crippen LogP contribution in [0.2, 0.25) is 0 Å². The number of aromatic carboxylic acids is 1. The maximum Gasteiger partial charge on any atom is 0.347 e. The molecule has 5 nitrogen and oxygen atoms in total. The molecule has 0 aliphatic heterocycles. The van der Waals surface area contributed by atoms with E-state index in [0.29, 0.717) is 23.2 Å². The van der Waals surface area contributed by atoms with Crippen LogP contribution >= 0.6 is 11.3 Å². The maximum absolute atomic E-state index is 11.3. The van der Waals surface area contributed by atoms with E-state index in [1.54, 1.807) is 19.3 Å². The molecule has 0 saturated carbocycles. The van der Waals surface area contributed by atoms with Gasteiger partial charge in [-0.05, 0) is 37.1 Å². The molecular weight excluding hydrogens is 348 g/mol. The third-order valence-electron chi connectivity index (χ3n) is 3.76. The molecule has 2 heterocycles. The number of ether oxygens (including phenoxy) is 1. The highest BCUT2D eigenvalue weighted by molar-refractivity contribution is 7.17. The van der Waals surface area contributed by atoms with E-state index in [1.165, 1.54) is 11.3 Å². The lowest BCUT2D eigenvalue weighted by atomic mass is 10.0. The zero-order chi connectivity index (χ0) is 18.7. The smallest absolute Gasteiger partial charge is 0.347 e. The average molecular weight is 368 g/mol. The number of rotatable bonds is 6. The van der Waals surface area contributed by atoms with Crippen molar-refractivity contribution in [3.8, 4) is 27.4 Å². The summed E-state index contributed by atoms with van der Waals surface area (Å²) < 4.78 is 5.97. The monoisotopic (exact) mass is 368 g/mol. The number of aryl methyl sites for hydroxylation is 1. The molecule has 0 spiro atoms. The van der Waals surface area contributed by atoms with Gasteiger partial charge in [-0.2, -0.15) is 0 Å². The van der Waals surface area contributed by atoms with Crippen molar-refractivity contribution in [2.24, 2.45) is 5.92 Å². The summed E-state index contributed by atoms with van der Waals surface area (Å²) in [4.78, 5) is 20.2. The van der Waals surface area contributed by atoms with Gasteiger partial charge in [-0.1, -0.05) is 19.9 Å². The Hall–Kier alpha value is -2.73. The number of carboxylic acid groups (broad SMARTS) is 1. The number of carbonyl (C=O) groups is 1. The van der Waals surface area contributed by atoms with Gasteiger partial charge in [0.1, 0.15) is 15.6 Å². The summed E-state index contributed by atoms with van der Waals surface area (Å²) in [6.07, 6.45) is 3.52. The fraction of sp³-hybridized carbons (Fsp3) is 0.250. The minimum absolute atomic E-state index is 0.267. The predicted octanol–water partition coefficient (Wildman–Crippen LogP) is 4.91. The zero-order valence-corrected chi connectivity index (χ0v) is 15.7. The van der Waals surface area contributed by atoms with Gasteiger partial charge in [0, 0.05) is 29.1 Å². The van der Waals surface area contributed by atoms with Crippen LogP contribution in [0.4, 0.5) is 0 Å². The van der Waals surface area contributed by atoms with Gasteiger partial charge in [-0.25, -0.2) is 9.78 Å². The van der Waals surface area contributed by atoms with E-state index in [0.717, 1.165) is 22.4 Å². The SMILES string of the molecule is Cc1nc(-c2ccc(OCC(C)C)c(-c3cccnc3)c2)sc1C(=O)O. The Morgan fingerprint density at radius 3 is 2.69 bits per heavy atom. The van der Waals surface area contributed by atoms with Crippen molar-refractivity contribution in [2.45, 2.75) is 20.8 Å². The van der Waals surface area contributed by atoms with Gasteiger partial charge >= 0.3 is 5.97 Å². The van der Waals surface area contributed by atoms with Crippen LogP contribution in [-0.2, 0) is 0 Å². The molecule has 3 rings (SSSR count). The van der Waals surface area contributed by atoms with Gasteiger partial charge in [0.15, 0.2) is 0 Å². The molecule has 0 aliphatic rings. The van der Waals surface area contributed by atoms with Crippen molar-refractivity contribution < 1.29 is 14.6 Å². The zero-order valence-electron chi connectivity index (χ0n) is 14.9. The van der Waals surface area contributed by atoms with Crippen LogP contribution in [0.25, 0.3) is 21.7 Å². The first-order valence-corrected chi connectivity index (χ1v) is 9.15. The van der Waals surface area contributed by atoms with Crippen LogP contribution in [0, 0.1) is 12.8 Å². The van der Waals surface area contributed by atoms with Crippen molar-refractivity contribution >= 4 is 17.3 Å². The number of carboxylic acids is 1. The van der Waals surface area contributed by atoms with Gasteiger partial charge in [-0.3, -0.25) is 4.98 Å². The summed E-state index contributed by atoms with van der Waals surface area (Å²) >= 11 is 1.18. The molecule has 0 fully saturated rings. The number of aromatic nitrogens is 2. The molecule has 134 valence electrons. The first-order valence-electron chi connectivity index (χ1n) is 8.34.